The van der Waals surface area contributed by atoms with Crippen molar-refractivity contribution in [1.82, 2.24) is 14.5 Å². The Kier molecular flexibility index (Phi) is 5.40. The number of nitrogens with one attached hydrogen (secondary N) is 1. The van der Waals surface area contributed by atoms with Gasteiger partial charge in [-0.15, -0.1) is 0 Å². The molecule has 27 heavy (non-hydrogen) atoms. The number of aryl methyl sites for hydroxylation is 1. The van der Waals surface area contributed by atoms with Gasteiger partial charge in [0.15, 0.2) is 0 Å². The van der Waals surface area contributed by atoms with E-state index in [0.29, 0.717) is 23.4 Å². The molecule has 0 aliphatic carbocycles. The Balaban J connectivity index is 1.84. The number of aromatic nitrogens is 2. The minimum atomic E-state index is -0.721. The number of hydrogen-bond acceptors (Lipinski definition) is 4. The van der Waals surface area contributed by atoms with E-state index in [1.165, 1.54) is 9.13 Å². The van der Waals surface area contributed by atoms with Crippen molar-refractivity contribution in [2.24, 2.45) is 7.05 Å². The Bertz CT molecular complexity index is 1100. The number of carbonyl (C=O) groups excluding carboxylic acids is 1. The molecule has 0 fully saturated rings. The first-order valence-corrected chi connectivity index (χ1v) is 8.69. The fourth-order valence-corrected chi connectivity index (χ4v) is 2.95. The zero-order valence-electron chi connectivity index (χ0n) is 15.3. The predicted molar refractivity (Wildman–Crippen MR) is 103 cm³/mol. The van der Waals surface area contributed by atoms with E-state index >= 15 is 0 Å². The van der Waals surface area contributed by atoms with Crippen LogP contribution in [0.1, 0.15) is 12.5 Å². The van der Waals surface area contributed by atoms with E-state index in [9.17, 15) is 14.4 Å². The summed E-state index contributed by atoms with van der Waals surface area (Å²) in [5, 5.41) is 2.78. The number of fused-ring (bicyclic) bond motifs is 1. The van der Waals surface area contributed by atoms with Gasteiger partial charge in [0, 0.05) is 19.2 Å². The van der Waals surface area contributed by atoms with Crippen LogP contribution in [0.5, 0.6) is 5.75 Å². The van der Waals surface area contributed by atoms with Crippen molar-refractivity contribution in [1.29, 1.82) is 0 Å². The lowest BCUT2D eigenvalue weighted by molar-refractivity contribution is -0.121. The molecule has 3 rings (SSSR count). The minimum Gasteiger partial charge on any atom is -0.494 e. The van der Waals surface area contributed by atoms with Gasteiger partial charge in [-0.1, -0.05) is 30.3 Å². The first-order chi connectivity index (χ1) is 13.0. The van der Waals surface area contributed by atoms with Gasteiger partial charge in [-0.2, -0.15) is 0 Å². The minimum absolute atomic E-state index is 0.230. The highest BCUT2D eigenvalue weighted by molar-refractivity contribution is 5.80. The number of hydrogen-bond donors (Lipinski definition) is 1. The number of para-hydroxylation sites is 3. The maximum Gasteiger partial charge on any atom is 0.317 e. The van der Waals surface area contributed by atoms with Gasteiger partial charge in [0.25, 0.3) is 0 Å². The van der Waals surface area contributed by atoms with Gasteiger partial charge >= 0.3 is 11.1 Å². The van der Waals surface area contributed by atoms with E-state index in [-0.39, 0.29) is 19.0 Å². The monoisotopic (exact) mass is 367 g/mol. The number of benzene rings is 2. The zero-order chi connectivity index (χ0) is 19.4. The summed E-state index contributed by atoms with van der Waals surface area (Å²) in [6, 6.07) is 14.4. The van der Waals surface area contributed by atoms with Crippen molar-refractivity contribution < 1.29 is 9.53 Å². The maximum atomic E-state index is 12.4. The average Bonchev–Trinajstić information content (AvgIpc) is 2.69. The molecule has 1 N–H and O–H groups in total. The predicted octanol–water partition coefficient (Wildman–Crippen LogP) is 1.42. The highest BCUT2D eigenvalue weighted by atomic mass is 16.5. The zero-order valence-corrected chi connectivity index (χ0v) is 15.3. The van der Waals surface area contributed by atoms with E-state index in [0.717, 1.165) is 5.56 Å². The van der Waals surface area contributed by atoms with Crippen LogP contribution in [0.3, 0.4) is 0 Å². The SMILES string of the molecule is CCOc1ccccc1CNC(=O)Cn1c(=O)c(=O)n(C)c2ccccc21. The van der Waals surface area contributed by atoms with Crippen molar-refractivity contribution in [2.75, 3.05) is 6.61 Å². The molecule has 0 spiro atoms. The highest BCUT2D eigenvalue weighted by Gasteiger charge is 2.13. The molecule has 1 amide bonds. The molecule has 0 saturated carbocycles. The van der Waals surface area contributed by atoms with Gasteiger partial charge in [-0.05, 0) is 25.1 Å². The van der Waals surface area contributed by atoms with Crippen LogP contribution in [0.25, 0.3) is 11.0 Å². The van der Waals surface area contributed by atoms with Crippen LogP contribution in [0.15, 0.2) is 58.1 Å². The van der Waals surface area contributed by atoms with Gasteiger partial charge < -0.3 is 14.6 Å². The topological polar surface area (TPSA) is 82.3 Å². The maximum absolute atomic E-state index is 12.4. The molecule has 0 atom stereocenters. The number of ether oxygens (including phenoxy) is 1. The van der Waals surface area contributed by atoms with Crippen molar-refractivity contribution in [3.05, 3.63) is 74.8 Å². The highest BCUT2D eigenvalue weighted by Crippen LogP contribution is 2.17. The van der Waals surface area contributed by atoms with E-state index in [1.54, 1.807) is 31.3 Å². The van der Waals surface area contributed by atoms with Crippen LogP contribution in [-0.2, 0) is 24.9 Å². The normalized spacial score (nSPS) is 10.7. The summed E-state index contributed by atoms with van der Waals surface area (Å²) in [7, 11) is 1.54. The fraction of sp³-hybridized carbons (Fsp3) is 0.250. The summed E-state index contributed by atoms with van der Waals surface area (Å²) in [6.45, 7) is 2.46. The third kappa shape index (κ3) is 3.76. The third-order valence-electron chi connectivity index (χ3n) is 4.32. The Morgan fingerprint density at radius 1 is 1.00 bits per heavy atom. The summed E-state index contributed by atoms with van der Waals surface area (Å²) in [5.74, 6) is 0.346. The Morgan fingerprint density at radius 2 is 1.67 bits per heavy atom. The van der Waals surface area contributed by atoms with Crippen molar-refractivity contribution in [3.8, 4) is 5.75 Å². The quantitative estimate of drug-likeness (QED) is 0.668. The van der Waals surface area contributed by atoms with Gasteiger partial charge in [0.1, 0.15) is 12.3 Å². The summed E-state index contributed by atoms with van der Waals surface area (Å²) in [4.78, 5) is 37.0. The second kappa shape index (κ2) is 7.90. The molecule has 1 aromatic heterocycles. The van der Waals surface area contributed by atoms with Crippen LogP contribution < -0.4 is 21.2 Å². The first-order valence-electron chi connectivity index (χ1n) is 8.69. The largest absolute Gasteiger partial charge is 0.494 e. The molecule has 2 aromatic carbocycles. The van der Waals surface area contributed by atoms with E-state index < -0.39 is 11.1 Å². The van der Waals surface area contributed by atoms with Crippen LogP contribution in [0.4, 0.5) is 0 Å². The summed E-state index contributed by atoms with van der Waals surface area (Å²) in [6.07, 6.45) is 0. The first kappa shape index (κ1) is 18.4. The average molecular weight is 367 g/mol. The molecule has 3 aromatic rings. The molecule has 140 valence electrons. The van der Waals surface area contributed by atoms with Crippen LogP contribution in [0, 0.1) is 0 Å². The standard InChI is InChI=1S/C20H21N3O4/c1-3-27-17-11-7-4-8-14(17)12-21-18(24)13-23-16-10-6-5-9-15(16)22(2)19(25)20(23)26/h4-11H,3,12-13H2,1-2H3,(H,21,24). The molecule has 0 unspecified atom stereocenters. The van der Waals surface area contributed by atoms with Gasteiger partial charge in [0.05, 0.1) is 17.6 Å². The van der Waals surface area contributed by atoms with Crippen molar-refractivity contribution in [3.63, 3.8) is 0 Å². The van der Waals surface area contributed by atoms with Crippen LogP contribution in [0.2, 0.25) is 0 Å². The molecule has 0 bridgehead atoms. The van der Waals surface area contributed by atoms with Gasteiger partial charge in [-0.25, -0.2) is 0 Å². The lowest BCUT2D eigenvalue weighted by atomic mass is 10.2. The van der Waals surface area contributed by atoms with Gasteiger partial charge in [-0.3, -0.25) is 19.0 Å². The lowest BCUT2D eigenvalue weighted by Crippen LogP contribution is -2.43. The number of amides is 1. The molecular formula is C20H21N3O4. The molecule has 0 aliphatic heterocycles. The molecule has 7 heteroatoms. The Morgan fingerprint density at radius 3 is 2.41 bits per heavy atom. The van der Waals surface area contributed by atoms with Crippen LogP contribution in [-0.4, -0.2) is 21.6 Å². The number of rotatable bonds is 6. The van der Waals surface area contributed by atoms with Crippen molar-refractivity contribution in [2.45, 2.75) is 20.0 Å². The second-order valence-electron chi connectivity index (χ2n) is 6.06. The second-order valence-corrected chi connectivity index (χ2v) is 6.06. The van der Waals surface area contributed by atoms with Crippen molar-refractivity contribution >= 4 is 16.9 Å². The molecule has 0 saturated heterocycles. The van der Waals surface area contributed by atoms with E-state index in [4.69, 9.17) is 4.74 Å². The number of carbonyl (C=O) groups is 1. The summed E-state index contributed by atoms with van der Waals surface area (Å²) >= 11 is 0. The summed E-state index contributed by atoms with van der Waals surface area (Å²) in [5.41, 5.74) is 0.587. The number of nitrogens with zero attached hydrogens (tertiary/aromatic N) is 2. The van der Waals surface area contributed by atoms with E-state index in [2.05, 4.69) is 5.32 Å². The fourth-order valence-electron chi connectivity index (χ4n) is 2.95. The molecule has 0 aliphatic rings. The Labute approximate surface area is 155 Å². The Hall–Kier alpha value is -3.35. The lowest BCUT2D eigenvalue weighted by Gasteiger charge is -2.13. The molecule has 1 heterocycles. The molecular weight excluding hydrogens is 346 g/mol. The molecule has 7 nitrogen and oxygen atoms in total. The van der Waals surface area contributed by atoms with Gasteiger partial charge in [0.2, 0.25) is 5.91 Å². The molecule has 0 radical (unpaired) electrons. The third-order valence-corrected chi connectivity index (χ3v) is 4.32. The summed E-state index contributed by atoms with van der Waals surface area (Å²) < 4.78 is 8.05. The van der Waals surface area contributed by atoms with E-state index in [1.807, 2.05) is 31.2 Å². The van der Waals surface area contributed by atoms with Crippen LogP contribution >= 0.6 is 0 Å². The smallest absolute Gasteiger partial charge is 0.317 e.